The quantitative estimate of drug-likeness (QED) is 0.736. The second-order valence-electron chi connectivity index (χ2n) is 6.99. The average molecular weight is 349 g/mol. The summed E-state index contributed by atoms with van der Waals surface area (Å²) in [4.78, 5) is 26.2. The Morgan fingerprint density at radius 1 is 1.12 bits per heavy atom. The lowest BCUT2D eigenvalue weighted by molar-refractivity contribution is -0.172. The summed E-state index contributed by atoms with van der Waals surface area (Å²) in [5, 5.41) is 0. The molecule has 1 saturated heterocycles. The first kappa shape index (κ1) is 19.2. The van der Waals surface area contributed by atoms with Crippen LogP contribution in [0.15, 0.2) is 24.3 Å². The number of hydrogen-bond acceptors (Lipinski definition) is 6. The fraction of sp³-hybridized carbons (Fsp3) is 0.579. The standard InChI is InChI=1S/C19H27NO5/c1-5-23-17(21)14-8-10-15(11-9-14)24-16(20-12-6-7-13-20)18(22)25-19(2,3)4/h8-11,16H,5-7,12-13H2,1-4H3. The van der Waals surface area contributed by atoms with Crippen LogP contribution in [0.5, 0.6) is 5.75 Å². The molecule has 1 aliphatic heterocycles. The summed E-state index contributed by atoms with van der Waals surface area (Å²) < 4.78 is 16.4. The fourth-order valence-electron chi connectivity index (χ4n) is 2.61. The van der Waals surface area contributed by atoms with E-state index in [0.29, 0.717) is 17.9 Å². The molecule has 1 heterocycles. The molecule has 0 radical (unpaired) electrons. The summed E-state index contributed by atoms with van der Waals surface area (Å²) in [5.41, 5.74) is -0.129. The maximum atomic E-state index is 12.5. The van der Waals surface area contributed by atoms with Crippen molar-refractivity contribution in [3.63, 3.8) is 0 Å². The zero-order chi connectivity index (χ0) is 18.4. The van der Waals surface area contributed by atoms with E-state index in [1.165, 1.54) is 0 Å². The summed E-state index contributed by atoms with van der Waals surface area (Å²) >= 11 is 0. The zero-order valence-corrected chi connectivity index (χ0v) is 15.4. The molecule has 0 aromatic heterocycles. The molecular weight excluding hydrogens is 322 g/mol. The maximum absolute atomic E-state index is 12.5. The minimum Gasteiger partial charge on any atom is -0.464 e. The van der Waals surface area contributed by atoms with Crippen LogP contribution in [0.4, 0.5) is 0 Å². The third-order valence-electron chi connectivity index (χ3n) is 3.69. The van der Waals surface area contributed by atoms with Gasteiger partial charge in [0.2, 0.25) is 0 Å². The third-order valence-corrected chi connectivity index (χ3v) is 3.69. The molecule has 6 nitrogen and oxygen atoms in total. The lowest BCUT2D eigenvalue weighted by Gasteiger charge is -2.29. The Bertz CT molecular complexity index is 585. The van der Waals surface area contributed by atoms with Gasteiger partial charge in [-0.2, -0.15) is 0 Å². The molecule has 0 amide bonds. The predicted molar refractivity (Wildman–Crippen MR) is 93.5 cm³/mol. The Hall–Kier alpha value is -2.08. The molecule has 2 rings (SSSR count). The molecule has 1 aromatic carbocycles. The van der Waals surface area contributed by atoms with Crippen LogP contribution in [0.2, 0.25) is 0 Å². The molecule has 1 fully saturated rings. The van der Waals surface area contributed by atoms with Crippen molar-refractivity contribution < 1.29 is 23.8 Å². The number of carbonyl (C=O) groups excluding carboxylic acids is 2. The van der Waals surface area contributed by atoms with Gasteiger partial charge in [0.05, 0.1) is 12.2 Å². The van der Waals surface area contributed by atoms with Crippen molar-refractivity contribution in [1.29, 1.82) is 0 Å². The molecule has 6 heteroatoms. The van der Waals surface area contributed by atoms with E-state index in [0.717, 1.165) is 25.9 Å². The highest BCUT2D eigenvalue weighted by molar-refractivity contribution is 5.89. The van der Waals surface area contributed by atoms with Crippen LogP contribution in [-0.2, 0) is 14.3 Å². The van der Waals surface area contributed by atoms with E-state index < -0.39 is 17.8 Å². The van der Waals surface area contributed by atoms with Crippen LogP contribution >= 0.6 is 0 Å². The molecule has 1 aliphatic rings. The molecule has 138 valence electrons. The van der Waals surface area contributed by atoms with Crippen LogP contribution in [0.1, 0.15) is 50.9 Å². The number of carbonyl (C=O) groups is 2. The summed E-state index contributed by atoms with van der Waals surface area (Å²) in [6.45, 7) is 9.18. The van der Waals surface area contributed by atoms with Crippen LogP contribution in [0.3, 0.4) is 0 Å². The maximum Gasteiger partial charge on any atom is 0.363 e. The molecule has 1 atom stereocenters. The fourth-order valence-corrected chi connectivity index (χ4v) is 2.61. The van der Waals surface area contributed by atoms with Crippen molar-refractivity contribution in [2.45, 2.75) is 52.4 Å². The van der Waals surface area contributed by atoms with Gasteiger partial charge in [0.15, 0.2) is 0 Å². The summed E-state index contributed by atoms with van der Waals surface area (Å²) in [7, 11) is 0. The van der Waals surface area contributed by atoms with Gasteiger partial charge in [-0.15, -0.1) is 0 Å². The number of esters is 2. The van der Waals surface area contributed by atoms with Gasteiger partial charge in [0.1, 0.15) is 11.4 Å². The van der Waals surface area contributed by atoms with Crippen molar-refractivity contribution in [3.05, 3.63) is 29.8 Å². The van der Waals surface area contributed by atoms with E-state index in [-0.39, 0.29) is 5.97 Å². The number of rotatable bonds is 6. The molecule has 1 unspecified atom stereocenters. The van der Waals surface area contributed by atoms with E-state index in [1.54, 1.807) is 31.2 Å². The number of benzene rings is 1. The monoisotopic (exact) mass is 349 g/mol. The first-order valence-corrected chi connectivity index (χ1v) is 8.71. The highest BCUT2D eigenvalue weighted by Crippen LogP contribution is 2.21. The largest absolute Gasteiger partial charge is 0.464 e. The Balaban J connectivity index is 2.10. The minimum absolute atomic E-state index is 0.326. The second-order valence-corrected chi connectivity index (χ2v) is 6.99. The smallest absolute Gasteiger partial charge is 0.363 e. The van der Waals surface area contributed by atoms with Gasteiger partial charge in [-0.25, -0.2) is 9.59 Å². The third kappa shape index (κ3) is 5.74. The molecule has 0 bridgehead atoms. The lowest BCUT2D eigenvalue weighted by atomic mass is 10.2. The number of hydrogen-bond donors (Lipinski definition) is 0. The van der Waals surface area contributed by atoms with E-state index in [4.69, 9.17) is 14.2 Å². The molecule has 0 aliphatic carbocycles. The minimum atomic E-state index is -0.782. The van der Waals surface area contributed by atoms with Crippen LogP contribution in [0.25, 0.3) is 0 Å². The van der Waals surface area contributed by atoms with Crippen molar-refractivity contribution in [2.75, 3.05) is 19.7 Å². The van der Waals surface area contributed by atoms with Gasteiger partial charge in [0.25, 0.3) is 6.23 Å². The van der Waals surface area contributed by atoms with Crippen molar-refractivity contribution in [1.82, 2.24) is 4.90 Å². The van der Waals surface area contributed by atoms with Crippen LogP contribution in [-0.4, -0.2) is 48.4 Å². The molecule has 1 aromatic rings. The van der Waals surface area contributed by atoms with Gasteiger partial charge in [-0.05, 0) is 64.8 Å². The van der Waals surface area contributed by atoms with E-state index in [1.807, 2.05) is 25.7 Å². The number of likely N-dealkylation sites (tertiary alicyclic amines) is 1. The molecule has 0 N–H and O–H groups in total. The summed E-state index contributed by atoms with van der Waals surface area (Å²) in [6.07, 6.45) is 1.28. The van der Waals surface area contributed by atoms with E-state index in [2.05, 4.69) is 0 Å². The van der Waals surface area contributed by atoms with Crippen LogP contribution in [0, 0.1) is 0 Å². The Labute approximate surface area is 149 Å². The van der Waals surface area contributed by atoms with Crippen molar-refractivity contribution >= 4 is 11.9 Å². The van der Waals surface area contributed by atoms with Gasteiger partial charge in [-0.3, -0.25) is 4.90 Å². The van der Waals surface area contributed by atoms with Gasteiger partial charge in [-0.1, -0.05) is 0 Å². The molecule has 0 saturated carbocycles. The van der Waals surface area contributed by atoms with Crippen molar-refractivity contribution in [2.24, 2.45) is 0 Å². The first-order chi connectivity index (χ1) is 11.8. The number of nitrogens with zero attached hydrogens (tertiary/aromatic N) is 1. The Morgan fingerprint density at radius 3 is 2.24 bits per heavy atom. The number of ether oxygens (including phenoxy) is 3. The van der Waals surface area contributed by atoms with Gasteiger partial charge in [0, 0.05) is 13.1 Å². The molecule has 25 heavy (non-hydrogen) atoms. The Kier molecular flexibility index (Phi) is 6.42. The highest BCUT2D eigenvalue weighted by atomic mass is 16.6. The van der Waals surface area contributed by atoms with Gasteiger partial charge >= 0.3 is 11.9 Å². The summed E-state index contributed by atoms with van der Waals surface area (Å²) in [6, 6.07) is 6.59. The average Bonchev–Trinajstić information content (AvgIpc) is 3.05. The first-order valence-electron chi connectivity index (χ1n) is 8.71. The topological polar surface area (TPSA) is 65.1 Å². The Morgan fingerprint density at radius 2 is 1.72 bits per heavy atom. The van der Waals surface area contributed by atoms with Crippen LogP contribution < -0.4 is 4.74 Å². The second kappa shape index (κ2) is 8.34. The zero-order valence-electron chi connectivity index (χ0n) is 15.4. The van der Waals surface area contributed by atoms with E-state index in [9.17, 15) is 9.59 Å². The molecule has 0 spiro atoms. The lowest BCUT2D eigenvalue weighted by Crippen LogP contribution is -2.46. The predicted octanol–water partition coefficient (Wildman–Crippen LogP) is 3.01. The normalized spacial score (nSPS) is 16.3. The molecular formula is C19H27NO5. The highest BCUT2D eigenvalue weighted by Gasteiger charge is 2.33. The van der Waals surface area contributed by atoms with E-state index >= 15 is 0 Å². The van der Waals surface area contributed by atoms with Crippen molar-refractivity contribution in [3.8, 4) is 5.75 Å². The summed E-state index contributed by atoms with van der Waals surface area (Å²) in [5.74, 6) is -0.267. The van der Waals surface area contributed by atoms with Gasteiger partial charge < -0.3 is 14.2 Å². The SMILES string of the molecule is CCOC(=O)c1ccc(OC(C(=O)OC(C)(C)C)N2CCCC2)cc1.